The molecule has 1 unspecified atom stereocenters. The molecule has 0 spiro atoms. The average Bonchev–Trinajstić information content (AvgIpc) is 2.42. The second-order valence-corrected chi connectivity index (χ2v) is 5.70. The van der Waals surface area contributed by atoms with Crippen LogP contribution in [-0.4, -0.2) is 4.92 Å². The Hall–Kier alpha value is -1.92. The van der Waals surface area contributed by atoms with Crippen LogP contribution in [0.15, 0.2) is 40.9 Å². The van der Waals surface area contributed by atoms with Gasteiger partial charge in [0.2, 0.25) is 0 Å². The summed E-state index contributed by atoms with van der Waals surface area (Å²) >= 11 is 3.39. The number of nitrogens with two attached hydrogens (primary N) is 1. The van der Waals surface area contributed by atoms with Crippen LogP contribution in [0.4, 0.5) is 5.69 Å². The summed E-state index contributed by atoms with van der Waals surface area (Å²) in [7, 11) is 0. The van der Waals surface area contributed by atoms with Crippen molar-refractivity contribution in [2.45, 2.75) is 19.9 Å². The number of non-ortho nitro benzene ring substituents is 1. The number of halogens is 1. The number of hydrogen-bond acceptors (Lipinski definition) is 4. The Morgan fingerprint density at radius 2 is 1.95 bits per heavy atom. The zero-order chi connectivity index (χ0) is 15.6. The number of nitrogens with zero attached hydrogens (tertiary/aromatic N) is 1. The van der Waals surface area contributed by atoms with Crippen molar-refractivity contribution in [3.63, 3.8) is 0 Å². The number of rotatable bonds is 4. The summed E-state index contributed by atoms with van der Waals surface area (Å²) in [6.45, 7) is 3.69. The smallest absolute Gasteiger partial charge is 0.273 e. The number of benzene rings is 2. The summed E-state index contributed by atoms with van der Waals surface area (Å²) in [5.74, 6) is 1.05. The van der Waals surface area contributed by atoms with Gasteiger partial charge in [0.25, 0.3) is 5.69 Å². The molecule has 2 rings (SSSR count). The fraction of sp³-hybridized carbons (Fsp3) is 0.200. The maximum atomic E-state index is 10.9. The molecule has 0 saturated carbocycles. The highest BCUT2D eigenvalue weighted by molar-refractivity contribution is 9.10. The van der Waals surface area contributed by atoms with Gasteiger partial charge in [-0.05, 0) is 43.7 Å². The average molecular weight is 351 g/mol. The van der Waals surface area contributed by atoms with Crippen LogP contribution in [0.3, 0.4) is 0 Å². The molecule has 0 heterocycles. The van der Waals surface area contributed by atoms with E-state index in [1.807, 2.05) is 26.0 Å². The van der Waals surface area contributed by atoms with E-state index in [4.69, 9.17) is 10.5 Å². The first kappa shape index (κ1) is 15.5. The van der Waals surface area contributed by atoms with Gasteiger partial charge in [-0.2, -0.15) is 0 Å². The molecule has 0 saturated heterocycles. The lowest BCUT2D eigenvalue weighted by atomic mass is 10.1. The summed E-state index contributed by atoms with van der Waals surface area (Å²) in [6.07, 6.45) is 0. The predicted molar refractivity (Wildman–Crippen MR) is 84.7 cm³/mol. The van der Waals surface area contributed by atoms with E-state index < -0.39 is 4.92 Å². The van der Waals surface area contributed by atoms with E-state index in [0.717, 1.165) is 15.6 Å². The van der Waals surface area contributed by atoms with Crippen LogP contribution in [-0.2, 0) is 0 Å². The van der Waals surface area contributed by atoms with Crippen molar-refractivity contribution in [2.24, 2.45) is 5.73 Å². The highest BCUT2D eigenvalue weighted by Gasteiger charge is 2.14. The third-order valence-corrected chi connectivity index (χ3v) is 3.56. The van der Waals surface area contributed by atoms with Crippen molar-refractivity contribution in [1.82, 2.24) is 0 Å². The third-order valence-electron chi connectivity index (χ3n) is 3.06. The van der Waals surface area contributed by atoms with Crippen LogP contribution in [0.2, 0.25) is 0 Å². The molecule has 5 nitrogen and oxygen atoms in total. The lowest BCUT2D eigenvalue weighted by molar-refractivity contribution is -0.384. The van der Waals surface area contributed by atoms with E-state index in [-0.39, 0.29) is 11.7 Å². The minimum atomic E-state index is -0.444. The molecule has 2 aromatic rings. The Labute approximate surface area is 131 Å². The monoisotopic (exact) mass is 350 g/mol. The lowest BCUT2D eigenvalue weighted by Gasteiger charge is -2.15. The highest BCUT2D eigenvalue weighted by Crippen LogP contribution is 2.34. The molecular formula is C15H15BrN2O3. The zero-order valence-corrected chi connectivity index (χ0v) is 13.3. The normalized spacial score (nSPS) is 12.0. The van der Waals surface area contributed by atoms with Gasteiger partial charge in [0, 0.05) is 22.1 Å². The molecule has 21 heavy (non-hydrogen) atoms. The number of nitro benzene ring substituents is 1. The van der Waals surface area contributed by atoms with Gasteiger partial charge in [0.15, 0.2) is 0 Å². The van der Waals surface area contributed by atoms with E-state index in [1.165, 1.54) is 12.1 Å². The highest BCUT2D eigenvalue weighted by atomic mass is 79.9. The maximum Gasteiger partial charge on any atom is 0.273 e. The molecule has 1 atom stereocenters. The second-order valence-electron chi connectivity index (χ2n) is 4.78. The van der Waals surface area contributed by atoms with Crippen LogP contribution < -0.4 is 10.5 Å². The van der Waals surface area contributed by atoms with Crippen molar-refractivity contribution in [3.05, 3.63) is 62.1 Å². The topological polar surface area (TPSA) is 78.4 Å². The van der Waals surface area contributed by atoms with E-state index in [2.05, 4.69) is 15.9 Å². The van der Waals surface area contributed by atoms with E-state index in [9.17, 15) is 10.1 Å². The van der Waals surface area contributed by atoms with Gasteiger partial charge in [-0.25, -0.2) is 0 Å². The number of nitro groups is 1. The van der Waals surface area contributed by atoms with Gasteiger partial charge < -0.3 is 10.5 Å². The van der Waals surface area contributed by atoms with Crippen molar-refractivity contribution >= 4 is 21.6 Å². The largest absolute Gasteiger partial charge is 0.456 e. The predicted octanol–water partition coefficient (Wildman–Crippen LogP) is 4.48. The third kappa shape index (κ3) is 3.59. The summed E-state index contributed by atoms with van der Waals surface area (Å²) in [6, 6.07) is 9.84. The summed E-state index contributed by atoms with van der Waals surface area (Å²) in [5, 5.41) is 10.9. The molecule has 0 aromatic heterocycles. The molecule has 6 heteroatoms. The van der Waals surface area contributed by atoms with E-state index >= 15 is 0 Å². The maximum absolute atomic E-state index is 10.9. The van der Waals surface area contributed by atoms with Crippen molar-refractivity contribution < 1.29 is 9.66 Å². The first-order valence-corrected chi connectivity index (χ1v) is 7.15. The van der Waals surface area contributed by atoms with Crippen LogP contribution in [0.1, 0.15) is 24.1 Å². The lowest BCUT2D eigenvalue weighted by Crippen LogP contribution is -2.07. The Morgan fingerprint density at radius 3 is 2.57 bits per heavy atom. The van der Waals surface area contributed by atoms with E-state index in [1.54, 1.807) is 12.1 Å². The van der Waals surface area contributed by atoms with Crippen LogP contribution in [0, 0.1) is 17.0 Å². The SMILES string of the molecule is Cc1ccc([N+](=O)[O-])cc1Oc1ccc(Br)cc1C(C)N. The molecule has 2 N–H and O–H groups in total. The molecule has 0 amide bonds. The van der Waals surface area contributed by atoms with Gasteiger partial charge in [0.1, 0.15) is 11.5 Å². The summed E-state index contributed by atoms with van der Waals surface area (Å²) < 4.78 is 6.74. The molecule has 0 radical (unpaired) electrons. The molecule has 0 fully saturated rings. The van der Waals surface area contributed by atoms with Crippen LogP contribution in [0.25, 0.3) is 0 Å². The molecular weight excluding hydrogens is 336 g/mol. The van der Waals surface area contributed by atoms with Crippen LogP contribution >= 0.6 is 15.9 Å². The first-order valence-electron chi connectivity index (χ1n) is 6.36. The van der Waals surface area contributed by atoms with Gasteiger partial charge in [-0.3, -0.25) is 10.1 Å². The standard InChI is InChI=1S/C15H15BrN2O3/c1-9-3-5-12(18(19)20)8-15(9)21-14-6-4-11(16)7-13(14)10(2)17/h3-8,10H,17H2,1-2H3. The molecule has 0 aliphatic carbocycles. The van der Waals surface area contributed by atoms with Crippen molar-refractivity contribution in [2.75, 3.05) is 0 Å². The fourth-order valence-corrected chi connectivity index (χ4v) is 2.28. The van der Waals surface area contributed by atoms with Crippen molar-refractivity contribution in [1.29, 1.82) is 0 Å². The Balaban J connectivity index is 2.43. The van der Waals surface area contributed by atoms with Gasteiger partial charge >= 0.3 is 0 Å². The minimum Gasteiger partial charge on any atom is -0.456 e. The summed E-state index contributed by atoms with van der Waals surface area (Å²) in [4.78, 5) is 10.4. The van der Waals surface area contributed by atoms with Crippen LogP contribution in [0.5, 0.6) is 11.5 Å². The van der Waals surface area contributed by atoms with E-state index in [0.29, 0.717) is 11.5 Å². The number of ether oxygens (including phenoxy) is 1. The quantitative estimate of drug-likeness (QED) is 0.651. The second kappa shape index (κ2) is 6.24. The minimum absolute atomic E-state index is 0.00458. The number of hydrogen-bond donors (Lipinski definition) is 1. The molecule has 2 aromatic carbocycles. The Morgan fingerprint density at radius 1 is 1.24 bits per heavy atom. The zero-order valence-electron chi connectivity index (χ0n) is 11.7. The Bertz CT molecular complexity index is 687. The number of aryl methyl sites for hydroxylation is 1. The molecule has 110 valence electrons. The molecule has 0 bridgehead atoms. The molecule has 0 aliphatic rings. The first-order chi connectivity index (χ1) is 9.88. The van der Waals surface area contributed by atoms with Gasteiger partial charge in [-0.15, -0.1) is 0 Å². The van der Waals surface area contributed by atoms with Gasteiger partial charge in [0.05, 0.1) is 11.0 Å². The summed E-state index contributed by atoms with van der Waals surface area (Å²) in [5.41, 5.74) is 7.59. The van der Waals surface area contributed by atoms with Crippen molar-refractivity contribution in [3.8, 4) is 11.5 Å². The van der Waals surface area contributed by atoms with Gasteiger partial charge in [-0.1, -0.05) is 15.9 Å². The molecule has 0 aliphatic heterocycles. The fourth-order valence-electron chi connectivity index (χ4n) is 1.90. The Kier molecular flexibility index (Phi) is 4.59.